The standard InChI is InChI=1S/C12H12N2OS/c1-9(15)14-8-4-6-10-5-2-3-7-11(10)12(13)16/h2-3,5,7H,8H2,1H3,(H2,13,16)(H,14,15). The molecule has 1 aromatic rings. The van der Waals surface area contributed by atoms with Crippen molar-refractivity contribution in [3.8, 4) is 11.8 Å². The number of amides is 1. The quantitative estimate of drug-likeness (QED) is 0.586. The molecule has 0 spiro atoms. The number of benzene rings is 1. The van der Waals surface area contributed by atoms with Gasteiger partial charge in [0.05, 0.1) is 6.54 Å². The van der Waals surface area contributed by atoms with Gasteiger partial charge in [-0.25, -0.2) is 0 Å². The minimum absolute atomic E-state index is 0.100. The average Bonchev–Trinajstić information content (AvgIpc) is 2.24. The molecular formula is C12H12N2OS. The Morgan fingerprint density at radius 2 is 2.19 bits per heavy atom. The molecule has 1 amide bonds. The lowest BCUT2D eigenvalue weighted by molar-refractivity contribution is -0.118. The fourth-order valence-corrected chi connectivity index (χ4v) is 1.29. The summed E-state index contributed by atoms with van der Waals surface area (Å²) in [5.74, 6) is 5.65. The number of carbonyl (C=O) groups is 1. The molecule has 0 aromatic heterocycles. The number of hydrogen-bond donors (Lipinski definition) is 2. The maximum atomic E-state index is 10.6. The van der Waals surface area contributed by atoms with Gasteiger partial charge >= 0.3 is 0 Å². The zero-order chi connectivity index (χ0) is 12.0. The van der Waals surface area contributed by atoms with Crippen LogP contribution >= 0.6 is 12.2 Å². The molecule has 3 N–H and O–H groups in total. The minimum atomic E-state index is -0.100. The Morgan fingerprint density at radius 3 is 2.81 bits per heavy atom. The number of rotatable bonds is 2. The van der Waals surface area contributed by atoms with Gasteiger partial charge in [0.1, 0.15) is 4.99 Å². The van der Waals surface area contributed by atoms with Crippen molar-refractivity contribution in [2.45, 2.75) is 6.92 Å². The van der Waals surface area contributed by atoms with Crippen LogP contribution in [0.4, 0.5) is 0 Å². The van der Waals surface area contributed by atoms with Gasteiger partial charge in [0.25, 0.3) is 0 Å². The first kappa shape index (κ1) is 12.2. The van der Waals surface area contributed by atoms with Crippen molar-refractivity contribution in [3.05, 3.63) is 35.4 Å². The van der Waals surface area contributed by atoms with E-state index in [2.05, 4.69) is 17.2 Å². The number of nitrogens with one attached hydrogen (secondary N) is 1. The maximum absolute atomic E-state index is 10.6. The molecular weight excluding hydrogens is 220 g/mol. The van der Waals surface area contributed by atoms with Crippen LogP contribution in [0.1, 0.15) is 18.1 Å². The number of thiocarbonyl (C=S) groups is 1. The summed E-state index contributed by atoms with van der Waals surface area (Å²) >= 11 is 4.91. The first-order valence-corrected chi connectivity index (χ1v) is 5.14. The van der Waals surface area contributed by atoms with E-state index < -0.39 is 0 Å². The van der Waals surface area contributed by atoms with Gasteiger partial charge in [0.15, 0.2) is 0 Å². The first-order valence-electron chi connectivity index (χ1n) is 4.73. The van der Waals surface area contributed by atoms with E-state index in [0.717, 1.165) is 11.1 Å². The van der Waals surface area contributed by atoms with Crippen molar-refractivity contribution in [2.24, 2.45) is 5.73 Å². The Morgan fingerprint density at radius 1 is 1.50 bits per heavy atom. The van der Waals surface area contributed by atoms with E-state index in [9.17, 15) is 4.79 Å². The highest BCUT2D eigenvalue weighted by molar-refractivity contribution is 7.80. The van der Waals surface area contributed by atoms with Crippen LogP contribution in [0.3, 0.4) is 0 Å². The van der Waals surface area contributed by atoms with Crippen LogP contribution in [0.25, 0.3) is 0 Å². The van der Waals surface area contributed by atoms with Crippen LogP contribution in [0.5, 0.6) is 0 Å². The molecule has 0 radical (unpaired) electrons. The van der Waals surface area contributed by atoms with E-state index in [0.29, 0.717) is 11.5 Å². The van der Waals surface area contributed by atoms with Gasteiger partial charge in [0, 0.05) is 18.1 Å². The topological polar surface area (TPSA) is 55.1 Å². The molecule has 82 valence electrons. The SMILES string of the molecule is CC(=O)NCC#Cc1ccccc1C(N)=S. The zero-order valence-corrected chi connectivity index (χ0v) is 9.73. The van der Waals surface area contributed by atoms with E-state index in [1.165, 1.54) is 6.92 Å². The first-order chi connectivity index (χ1) is 7.61. The van der Waals surface area contributed by atoms with Crippen LogP contribution in [0.2, 0.25) is 0 Å². The van der Waals surface area contributed by atoms with Crippen LogP contribution in [-0.4, -0.2) is 17.4 Å². The highest BCUT2D eigenvalue weighted by Crippen LogP contribution is 2.06. The number of nitrogens with two attached hydrogens (primary N) is 1. The van der Waals surface area contributed by atoms with E-state index in [1.807, 2.05) is 24.3 Å². The molecule has 0 bridgehead atoms. The fraction of sp³-hybridized carbons (Fsp3) is 0.167. The third-order valence-electron chi connectivity index (χ3n) is 1.84. The molecule has 1 aromatic carbocycles. The summed E-state index contributed by atoms with van der Waals surface area (Å²) in [6.07, 6.45) is 0. The molecule has 0 aliphatic rings. The molecule has 0 atom stereocenters. The second-order valence-electron chi connectivity index (χ2n) is 3.12. The van der Waals surface area contributed by atoms with Crippen molar-refractivity contribution in [3.63, 3.8) is 0 Å². The van der Waals surface area contributed by atoms with Crippen molar-refractivity contribution >= 4 is 23.1 Å². The van der Waals surface area contributed by atoms with Crippen molar-refractivity contribution in [1.82, 2.24) is 5.32 Å². The molecule has 0 aliphatic carbocycles. The number of hydrogen-bond acceptors (Lipinski definition) is 2. The minimum Gasteiger partial charge on any atom is -0.389 e. The third-order valence-corrected chi connectivity index (χ3v) is 2.06. The van der Waals surface area contributed by atoms with E-state index in [1.54, 1.807) is 0 Å². The average molecular weight is 232 g/mol. The van der Waals surface area contributed by atoms with Crippen LogP contribution in [0, 0.1) is 11.8 Å². The van der Waals surface area contributed by atoms with Crippen molar-refractivity contribution in [2.75, 3.05) is 6.54 Å². The van der Waals surface area contributed by atoms with E-state index in [4.69, 9.17) is 18.0 Å². The molecule has 1 rings (SSSR count). The van der Waals surface area contributed by atoms with Gasteiger partial charge in [-0.2, -0.15) is 0 Å². The smallest absolute Gasteiger partial charge is 0.217 e. The van der Waals surface area contributed by atoms with E-state index in [-0.39, 0.29) is 5.91 Å². The summed E-state index contributed by atoms with van der Waals surface area (Å²) in [5, 5.41) is 2.59. The molecule has 3 nitrogen and oxygen atoms in total. The summed E-state index contributed by atoms with van der Waals surface area (Å²) in [7, 11) is 0. The van der Waals surface area contributed by atoms with Gasteiger partial charge in [-0.05, 0) is 6.07 Å². The fourth-order valence-electron chi connectivity index (χ4n) is 1.12. The molecule has 0 saturated heterocycles. The summed E-state index contributed by atoms with van der Waals surface area (Å²) in [6, 6.07) is 7.39. The predicted molar refractivity (Wildman–Crippen MR) is 67.9 cm³/mol. The molecule has 4 heteroatoms. The van der Waals surface area contributed by atoms with Crippen molar-refractivity contribution < 1.29 is 4.79 Å². The summed E-state index contributed by atoms with van der Waals surface area (Å²) in [5.41, 5.74) is 7.10. The van der Waals surface area contributed by atoms with Crippen LogP contribution in [-0.2, 0) is 4.79 Å². The Labute approximate surface area is 100 Å². The second kappa shape index (κ2) is 5.89. The van der Waals surface area contributed by atoms with Crippen LogP contribution < -0.4 is 11.1 Å². The Balaban J connectivity index is 2.80. The molecule has 16 heavy (non-hydrogen) atoms. The highest BCUT2D eigenvalue weighted by atomic mass is 32.1. The van der Waals surface area contributed by atoms with Gasteiger partial charge in [-0.3, -0.25) is 4.79 Å². The lowest BCUT2D eigenvalue weighted by atomic mass is 10.1. The monoisotopic (exact) mass is 232 g/mol. The van der Waals surface area contributed by atoms with Gasteiger partial charge in [0.2, 0.25) is 5.91 Å². The second-order valence-corrected chi connectivity index (χ2v) is 3.56. The molecule has 0 aliphatic heterocycles. The maximum Gasteiger partial charge on any atom is 0.217 e. The lowest BCUT2D eigenvalue weighted by Crippen LogP contribution is -2.19. The summed E-state index contributed by atoms with van der Waals surface area (Å²) < 4.78 is 0. The van der Waals surface area contributed by atoms with Crippen LogP contribution in [0.15, 0.2) is 24.3 Å². The summed E-state index contributed by atoms with van der Waals surface area (Å²) in [6.45, 7) is 1.77. The Bertz CT molecular complexity index is 471. The predicted octanol–water partition coefficient (Wildman–Crippen LogP) is 0.808. The molecule has 0 fully saturated rings. The van der Waals surface area contributed by atoms with Gasteiger partial charge in [-0.15, -0.1) is 0 Å². The molecule has 0 heterocycles. The molecule has 0 saturated carbocycles. The Hall–Kier alpha value is -1.86. The number of carbonyl (C=O) groups excluding carboxylic acids is 1. The van der Waals surface area contributed by atoms with Gasteiger partial charge in [-0.1, -0.05) is 42.3 Å². The largest absolute Gasteiger partial charge is 0.389 e. The third kappa shape index (κ3) is 3.71. The Kier molecular flexibility index (Phi) is 4.49. The van der Waals surface area contributed by atoms with E-state index >= 15 is 0 Å². The lowest BCUT2D eigenvalue weighted by Gasteiger charge is -2.00. The van der Waals surface area contributed by atoms with Gasteiger partial charge < -0.3 is 11.1 Å². The summed E-state index contributed by atoms with van der Waals surface area (Å²) in [4.78, 5) is 10.9. The normalized spacial score (nSPS) is 8.81. The van der Waals surface area contributed by atoms with Crippen molar-refractivity contribution in [1.29, 1.82) is 0 Å². The molecule has 0 unspecified atom stereocenters. The zero-order valence-electron chi connectivity index (χ0n) is 8.91. The highest BCUT2D eigenvalue weighted by Gasteiger charge is 2.00.